The molecule has 2 rings (SSSR count). The van der Waals surface area contributed by atoms with Crippen molar-refractivity contribution in [1.82, 2.24) is 15.5 Å². The summed E-state index contributed by atoms with van der Waals surface area (Å²) >= 11 is 0. The van der Waals surface area contributed by atoms with E-state index >= 15 is 0 Å². The van der Waals surface area contributed by atoms with Crippen molar-refractivity contribution in [3.63, 3.8) is 0 Å². The van der Waals surface area contributed by atoms with E-state index in [9.17, 15) is 19.8 Å². The van der Waals surface area contributed by atoms with Gasteiger partial charge >= 0.3 is 0 Å². The van der Waals surface area contributed by atoms with Crippen LogP contribution in [0.1, 0.15) is 0 Å². The zero-order valence-electron chi connectivity index (χ0n) is 8.72. The van der Waals surface area contributed by atoms with Crippen molar-refractivity contribution in [2.45, 2.75) is 18.2 Å². The Morgan fingerprint density at radius 1 is 1.31 bits per heavy atom. The van der Waals surface area contributed by atoms with E-state index in [0.29, 0.717) is 0 Å². The summed E-state index contributed by atoms with van der Waals surface area (Å²) in [6, 6.07) is -0.463. The lowest BCUT2D eigenvalue weighted by Crippen LogP contribution is -2.58. The largest absolute Gasteiger partial charge is 0.388 e. The molecule has 4 N–H and O–H groups in total. The van der Waals surface area contributed by atoms with E-state index in [2.05, 4.69) is 10.6 Å². The Labute approximate surface area is 92.4 Å². The third kappa shape index (κ3) is 2.16. The number of β-amino-alcohol motifs (C(OH)–C–C–N with tert-alkyl or cyclic N) is 2. The average molecular weight is 229 g/mol. The smallest absolute Gasteiger partial charge is 0.241 e. The summed E-state index contributed by atoms with van der Waals surface area (Å²) in [4.78, 5) is 24.2. The third-order valence-electron chi connectivity index (χ3n) is 2.88. The Morgan fingerprint density at radius 3 is 2.44 bits per heavy atom. The lowest BCUT2D eigenvalue weighted by atomic mass is 10.2. The van der Waals surface area contributed by atoms with Gasteiger partial charge in [-0.3, -0.25) is 14.9 Å². The van der Waals surface area contributed by atoms with Crippen molar-refractivity contribution in [2.24, 2.45) is 0 Å². The van der Waals surface area contributed by atoms with Crippen LogP contribution in [0.15, 0.2) is 0 Å². The van der Waals surface area contributed by atoms with Crippen LogP contribution in [0.25, 0.3) is 0 Å². The fraction of sp³-hybridized carbons (Fsp3) is 0.778. The van der Waals surface area contributed by atoms with Crippen LogP contribution in [0.5, 0.6) is 0 Å². The molecule has 7 heteroatoms. The molecule has 0 aromatic carbocycles. The lowest BCUT2D eigenvalue weighted by Gasteiger charge is -2.27. The minimum atomic E-state index is -0.873. The van der Waals surface area contributed by atoms with Crippen LogP contribution in [-0.4, -0.2) is 71.4 Å². The first-order valence-electron chi connectivity index (χ1n) is 5.23. The molecule has 2 aliphatic heterocycles. The zero-order chi connectivity index (χ0) is 11.7. The number of rotatable bonds is 1. The van der Waals surface area contributed by atoms with Crippen molar-refractivity contribution in [2.75, 3.05) is 26.2 Å². The monoisotopic (exact) mass is 229 g/mol. The van der Waals surface area contributed by atoms with E-state index in [-0.39, 0.29) is 38.0 Å². The van der Waals surface area contributed by atoms with Gasteiger partial charge in [0.2, 0.25) is 11.8 Å². The van der Waals surface area contributed by atoms with Gasteiger partial charge in [-0.2, -0.15) is 0 Å². The fourth-order valence-corrected chi connectivity index (χ4v) is 1.91. The predicted molar refractivity (Wildman–Crippen MR) is 53.4 cm³/mol. The molecule has 2 saturated heterocycles. The highest BCUT2D eigenvalue weighted by Gasteiger charge is 2.36. The van der Waals surface area contributed by atoms with Crippen LogP contribution in [0, 0.1) is 0 Å². The molecule has 0 saturated carbocycles. The van der Waals surface area contributed by atoms with E-state index in [0.717, 1.165) is 0 Å². The van der Waals surface area contributed by atoms with Crippen LogP contribution in [-0.2, 0) is 9.59 Å². The van der Waals surface area contributed by atoms with Crippen LogP contribution < -0.4 is 10.6 Å². The maximum atomic E-state index is 11.9. The predicted octanol–water partition coefficient (Wildman–Crippen LogP) is -3.36. The summed E-state index contributed by atoms with van der Waals surface area (Å²) in [6.07, 6.45) is -1.75. The van der Waals surface area contributed by atoms with E-state index in [1.165, 1.54) is 4.90 Å². The fourth-order valence-electron chi connectivity index (χ4n) is 1.91. The van der Waals surface area contributed by atoms with E-state index in [1.54, 1.807) is 0 Å². The van der Waals surface area contributed by atoms with Crippen LogP contribution in [0.3, 0.4) is 0 Å². The summed E-state index contributed by atoms with van der Waals surface area (Å²) in [5.41, 5.74) is 0. The standard InChI is InChI=1S/C9H15N3O4/c13-6-3-12(4-7(6)14)9(16)5-1-11-8(15)2-10-5/h5-7,10,13-14H,1-4H2,(H,11,15)/t5?,6-,7+. The molecule has 90 valence electrons. The van der Waals surface area contributed by atoms with E-state index < -0.39 is 18.2 Å². The van der Waals surface area contributed by atoms with Gasteiger partial charge in [-0.05, 0) is 0 Å². The molecule has 0 bridgehead atoms. The topological polar surface area (TPSA) is 102 Å². The van der Waals surface area contributed by atoms with Crippen molar-refractivity contribution in [3.8, 4) is 0 Å². The van der Waals surface area contributed by atoms with Gasteiger partial charge in [0.1, 0.15) is 6.04 Å². The summed E-state index contributed by atoms with van der Waals surface area (Å²) in [6.45, 7) is 0.661. The summed E-state index contributed by atoms with van der Waals surface area (Å²) in [7, 11) is 0. The molecule has 2 heterocycles. The number of aliphatic hydroxyl groups excluding tert-OH is 2. The number of piperazine rings is 1. The first-order chi connectivity index (χ1) is 7.58. The van der Waals surface area contributed by atoms with Crippen LogP contribution in [0.4, 0.5) is 0 Å². The Balaban J connectivity index is 1.90. The van der Waals surface area contributed by atoms with Gasteiger partial charge in [0.05, 0.1) is 18.8 Å². The van der Waals surface area contributed by atoms with Crippen LogP contribution >= 0.6 is 0 Å². The van der Waals surface area contributed by atoms with Crippen LogP contribution in [0.2, 0.25) is 0 Å². The first kappa shape index (κ1) is 11.3. The van der Waals surface area contributed by atoms with E-state index in [1.807, 2.05) is 0 Å². The normalized spacial score (nSPS) is 35.0. The number of likely N-dealkylation sites (tertiary alicyclic amines) is 1. The van der Waals surface area contributed by atoms with Gasteiger partial charge < -0.3 is 20.4 Å². The number of amides is 2. The number of hydrogen-bond donors (Lipinski definition) is 4. The van der Waals surface area contributed by atoms with Gasteiger partial charge in [0.25, 0.3) is 0 Å². The molecule has 2 aliphatic rings. The van der Waals surface area contributed by atoms with Gasteiger partial charge in [-0.1, -0.05) is 0 Å². The Kier molecular flexibility index (Phi) is 3.08. The van der Waals surface area contributed by atoms with Crippen molar-refractivity contribution >= 4 is 11.8 Å². The molecule has 2 fully saturated rings. The number of aliphatic hydroxyl groups is 2. The molecule has 1 unspecified atom stereocenters. The first-order valence-corrected chi connectivity index (χ1v) is 5.23. The van der Waals surface area contributed by atoms with Crippen molar-refractivity contribution in [1.29, 1.82) is 0 Å². The minimum Gasteiger partial charge on any atom is -0.388 e. The van der Waals surface area contributed by atoms with Crippen molar-refractivity contribution in [3.05, 3.63) is 0 Å². The second-order valence-electron chi connectivity index (χ2n) is 4.12. The van der Waals surface area contributed by atoms with Gasteiger partial charge in [-0.15, -0.1) is 0 Å². The number of nitrogens with one attached hydrogen (secondary N) is 2. The molecule has 0 aromatic heterocycles. The quantitative estimate of drug-likeness (QED) is 0.376. The molecule has 0 radical (unpaired) electrons. The third-order valence-corrected chi connectivity index (χ3v) is 2.88. The Bertz CT molecular complexity index is 289. The number of carbonyl (C=O) groups excluding carboxylic acids is 2. The zero-order valence-corrected chi connectivity index (χ0v) is 8.72. The maximum absolute atomic E-state index is 11.9. The molecule has 0 aliphatic carbocycles. The molecule has 0 aromatic rings. The molecule has 16 heavy (non-hydrogen) atoms. The molecule has 7 nitrogen and oxygen atoms in total. The van der Waals surface area contributed by atoms with Crippen molar-refractivity contribution < 1.29 is 19.8 Å². The second-order valence-corrected chi connectivity index (χ2v) is 4.12. The number of hydrogen-bond acceptors (Lipinski definition) is 5. The SMILES string of the molecule is O=C1CNC(C(=O)N2C[C@@H](O)[C@@H](O)C2)CN1. The number of nitrogens with zero attached hydrogens (tertiary/aromatic N) is 1. The summed E-state index contributed by atoms with van der Waals surface area (Å²) in [5.74, 6) is -0.332. The maximum Gasteiger partial charge on any atom is 0.241 e. The van der Waals surface area contributed by atoms with Gasteiger partial charge in [0.15, 0.2) is 0 Å². The average Bonchev–Trinajstić information content (AvgIpc) is 2.59. The highest BCUT2D eigenvalue weighted by atomic mass is 16.3. The second kappa shape index (κ2) is 4.36. The van der Waals surface area contributed by atoms with E-state index in [4.69, 9.17) is 0 Å². The molecular formula is C9H15N3O4. The molecule has 0 spiro atoms. The molecular weight excluding hydrogens is 214 g/mol. The Morgan fingerprint density at radius 2 is 1.94 bits per heavy atom. The van der Waals surface area contributed by atoms with Gasteiger partial charge in [0, 0.05) is 19.6 Å². The summed E-state index contributed by atoms with van der Waals surface area (Å²) < 4.78 is 0. The highest BCUT2D eigenvalue weighted by Crippen LogP contribution is 2.11. The highest BCUT2D eigenvalue weighted by molar-refractivity contribution is 5.87. The lowest BCUT2D eigenvalue weighted by molar-refractivity contribution is -0.134. The molecule has 2 amide bonds. The summed E-state index contributed by atoms with van der Waals surface area (Å²) in [5, 5.41) is 24.0. The molecule has 3 atom stereocenters. The Hall–Kier alpha value is -1.18. The van der Waals surface area contributed by atoms with Gasteiger partial charge in [-0.25, -0.2) is 0 Å². The number of carbonyl (C=O) groups is 2. The minimum absolute atomic E-state index is 0.120.